The molecule has 2 aromatic heterocycles. The molecule has 1 aliphatic carbocycles. The molecule has 6 nitrogen and oxygen atoms in total. The molecule has 1 N–H and O–H groups in total. The van der Waals surface area contributed by atoms with E-state index in [0.29, 0.717) is 0 Å². The molecule has 1 saturated carbocycles. The number of rotatable bonds is 6. The second kappa shape index (κ2) is 9.69. The van der Waals surface area contributed by atoms with Crippen molar-refractivity contribution in [2.45, 2.75) is 64.1 Å². The van der Waals surface area contributed by atoms with Crippen molar-refractivity contribution < 1.29 is 14.3 Å². The highest BCUT2D eigenvalue weighted by atomic mass is 32.1. The molecule has 1 amide bonds. The first-order valence-corrected chi connectivity index (χ1v) is 12.8. The average Bonchev–Trinajstić information content (AvgIpc) is 3.60. The van der Waals surface area contributed by atoms with E-state index in [1.165, 1.54) is 19.3 Å². The summed E-state index contributed by atoms with van der Waals surface area (Å²) in [6.07, 6.45) is 7.72. The van der Waals surface area contributed by atoms with Crippen LogP contribution in [0.1, 0.15) is 67.2 Å². The van der Waals surface area contributed by atoms with E-state index in [4.69, 9.17) is 14.5 Å². The lowest BCUT2D eigenvalue weighted by Gasteiger charge is -2.23. The molecule has 0 spiro atoms. The lowest BCUT2D eigenvalue weighted by molar-refractivity contribution is 0.0565. The zero-order valence-electron chi connectivity index (χ0n) is 19.3. The second-order valence-corrected chi connectivity index (χ2v) is 9.80. The van der Waals surface area contributed by atoms with E-state index in [2.05, 4.69) is 15.3 Å². The zero-order chi connectivity index (χ0) is 22.8. The highest BCUT2D eigenvalue weighted by Gasteiger charge is 2.28. The van der Waals surface area contributed by atoms with Crippen molar-refractivity contribution in [3.63, 3.8) is 0 Å². The molecule has 2 fully saturated rings. The fraction of sp³-hybridized carbons (Fsp3) is 0.462. The SMILES string of the molecule is COc1ccc(-c2nc(-c3cc(C(=O)NC4CCCCC4)c(C)n3C3CCCO3)cs2)cc1. The number of carbonyl (C=O) groups excluding carboxylic acids is 1. The monoisotopic (exact) mass is 465 g/mol. The van der Waals surface area contributed by atoms with Crippen molar-refractivity contribution in [3.8, 4) is 27.7 Å². The smallest absolute Gasteiger partial charge is 0.253 e. The van der Waals surface area contributed by atoms with Crippen LogP contribution < -0.4 is 10.1 Å². The number of aromatic nitrogens is 2. The molecule has 7 heteroatoms. The van der Waals surface area contributed by atoms with Gasteiger partial charge in [-0.05, 0) is 62.9 Å². The Hall–Kier alpha value is -2.64. The third-order valence-electron chi connectivity index (χ3n) is 6.77. The van der Waals surface area contributed by atoms with Gasteiger partial charge in [0.25, 0.3) is 5.91 Å². The quantitative estimate of drug-likeness (QED) is 0.487. The Morgan fingerprint density at radius 2 is 1.94 bits per heavy atom. The summed E-state index contributed by atoms with van der Waals surface area (Å²) in [5.74, 6) is 0.843. The number of hydrogen-bond donors (Lipinski definition) is 1. The maximum absolute atomic E-state index is 13.2. The number of carbonyl (C=O) groups is 1. The van der Waals surface area contributed by atoms with Crippen LogP contribution in [0.15, 0.2) is 35.7 Å². The Kier molecular flexibility index (Phi) is 6.51. The standard InChI is InChI=1S/C26H31N3O3S/c1-17-21(25(30)27-19-7-4-3-5-8-19)15-23(29(17)24-9-6-14-32-24)22-16-33-26(28-22)18-10-12-20(31-2)13-11-18/h10-13,15-16,19,24H,3-9,14H2,1-2H3,(H,27,30). The van der Waals surface area contributed by atoms with Gasteiger partial charge >= 0.3 is 0 Å². The lowest BCUT2D eigenvalue weighted by Crippen LogP contribution is -2.36. The van der Waals surface area contributed by atoms with Crippen LogP contribution in [0.3, 0.4) is 0 Å². The van der Waals surface area contributed by atoms with Crippen LogP contribution in [0.25, 0.3) is 22.0 Å². The Morgan fingerprint density at radius 3 is 2.64 bits per heavy atom. The van der Waals surface area contributed by atoms with Crippen molar-refractivity contribution in [1.82, 2.24) is 14.9 Å². The average molecular weight is 466 g/mol. The van der Waals surface area contributed by atoms with Crippen molar-refractivity contribution in [2.24, 2.45) is 0 Å². The number of benzene rings is 1. The molecular formula is C26H31N3O3S. The Bertz CT molecular complexity index is 1110. The number of ether oxygens (including phenoxy) is 2. The van der Waals surface area contributed by atoms with Gasteiger partial charge in [-0.3, -0.25) is 4.79 Å². The van der Waals surface area contributed by atoms with Crippen LogP contribution in [0.2, 0.25) is 0 Å². The highest BCUT2D eigenvalue weighted by molar-refractivity contribution is 7.13. The zero-order valence-corrected chi connectivity index (χ0v) is 20.1. The minimum Gasteiger partial charge on any atom is -0.497 e. The summed E-state index contributed by atoms with van der Waals surface area (Å²) in [6.45, 7) is 2.78. The van der Waals surface area contributed by atoms with Crippen molar-refractivity contribution >= 4 is 17.2 Å². The van der Waals surface area contributed by atoms with Gasteiger partial charge in [0.2, 0.25) is 0 Å². The number of methoxy groups -OCH3 is 1. The first kappa shape index (κ1) is 22.2. The highest BCUT2D eigenvalue weighted by Crippen LogP contribution is 2.36. The molecule has 1 unspecified atom stereocenters. The minimum absolute atomic E-state index is 0.0167. The molecule has 3 aromatic rings. The molecule has 1 atom stereocenters. The number of thiazole rings is 1. The topological polar surface area (TPSA) is 65.4 Å². The van der Waals surface area contributed by atoms with Gasteiger partial charge in [0.1, 0.15) is 17.0 Å². The van der Waals surface area contributed by atoms with Gasteiger partial charge in [0.15, 0.2) is 0 Å². The Morgan fingerprint density at radius 1 is 1.15 bits per heavy atom. The summed E-state index contributed by atoms with van der Waals surface area (Å²) in [5.41, 5.74) is 4.55. The summed E-state index contributed by atoms with van der Waals surface area (Å²) in [7, 11) is 1.67. The normalized spacial score (nSPS) is 19.0. The predicted molar refractivity (Wildman–Crippen MR) is 131 cm³/mol. The van der Waals surface area contributed by atoms with E-state index in [9.17, 15) is 4.79 Å². The fourth-order valence-corrected chi connectivity index (χ4v) is 5.77. The van der Waals surface area contributed by atoms with Gasteiger partial charge in [-0.15, -0.1) is 11.3 Å². The first-order valence-electron chi connectivity index (χ1n) is 11.9. The van der Waals surface area contributed by atoms with Crippen LogP contribution in [0, 0.1) is 6.92 Å². The molecule has 2 aliphatic rings. The number of nitrogens with one attached hydrogen (secondary N) is 1. The van der Waals surface area contributed by atoms with E-state index in [1.54, 1.807) is 18.4 Å². The minimum atomic E-state index is -0.0534. The third-order valence-corrected chi connectivity index (χ3v) is 7.67. The Labute approximate surface area is 198 Å². The molecule has 33 heavy (non-hydrogen) atoms. The molecule has 3 heterocycles. The van der Waals surface area contributed by atoms with E-state index in [-0.39, 0.29) is 18.2 Å². The van der Waals surface area contributed by atoms with Crippen LogP contribution in [-0.2, 0) is 4.74 Å². The summed E-state index contributed by atoms with van der Waals surface area (Å²) in [6, 6.07) is 10.2. The van der Waals surface area contributed by atoms with Gasteiger partial charge in [-0.25, -0.2) is 4.98 Å². The van der Waals surface area contributed by atoms with Gasteiger partial charge in [-0.1, -0.05) is 19.3 Å². The molecule has 0 radical (unpaired) electrons. The number of amides is 1. The van der Waals surface area contributed by atoms with Crippen LogP contribution in [0.4, 0.5) is 0 Å². The fourth-order valence-electron chi connectivity index (χ4n) is 4.95. The van der Waals surface area contributed by atoms with Crippen molar-refractivity contribution in [1.29, 1.82) is 0 Å². The van der Waals surface area contributed by atoms with Gasteiger partial charge in [-0.2, -0.15) is 0 Å². The molecule has 1 saturated heterocycles. The molecule has 1 aromatic carbocycles. The van der Waals surface area contributed by atoms with Crippen LogP contribution in [-0.4, -0.2) is 35.2 Å². The lowest BCUT2D eigenvalue weighted by atomic mass is 9.95. The number of nitrogens with zero attached hydrogens (tertiary/aromatic N) is 2. The molecule has 5 rings (SSSR count). The second-order valence-electron chi connectivity index (χ2n) is 8.94. The van der Waals surface area contributed by atoms with Crippen molar-refractivity contribution in [2.75, 3.05) is 13.7 Å². The summed E-state index contributed by atoms with van der Waals surface area (Å²) < 4.78 is 13.5. The molecular weight excluding hydrogens is 434 g/mol. The van der Waals surface area contributed by atoms with Gasteiger partial charge in [0, 0.05) is 29.3 Å². The molecule has 174 valence electrons. The maximum Gasteiger partial charge on any atom is 0.253 e. The van der Waals surface area contributed by atoms with E-state index in [1.807, 2.05) is 37.3 Å². The number of hydrogen-bond acceptors (Lipinski definition) is 5. The van der Waals surface area contributed by atoms with Crippen molar-refractivity contribution in [3.05, 3.63) is 47.0 Å². The van der Waals surface area contributed by atoms with E-state index >= 15 is 0 Å². The Balaban J connectivity index is 1.47. The van der Waals surface area contributed by atoms with Gasteiger partial charge in [0.05, 0.1) is 24.1 Å². The largest absolute Gasteiger partial charge is 0.497 e. The molecule has 0 bridgehead atoms. The van der Waals surface area contributed by atoms with E-state index in [0.717, 1.165) is 71.3 Å². The van der Waals surface area contributed by atoms with Gasteiger partial charge < -0.3 is 19.4 Å². The van der Waals surface area contributed by atoms with Crippen LogP contribution >= 0.6 is 11.3 Å². The third kappa shape index (κ3) is 4.57. The maximum atomic E-state index is 13.2. The first-order chi connectivity index (χ1) is 16.1. The summed E-state index contributed by atoms with van der Waals surface area (Å²) >= 11 is 1.61. The predicted octanol–water partition coefficient (Wildman–Crippen LogP) is 5.97. The summed E-state index contributed by atoms with van der Waals surface area (Å²) in [4.78, 5) is 18.2. The summed E-state index contributed by atoms with van der Waals surface area (Å²) in [5, 5.41) is 6.29. The van der Waals surface area contributed by atoms with E-state index < -0.39 is 0 Å². The molecule has 1 aliphatic heterocycles. The van der Waals surface area contributed by atoms with Crippen LogP contribution in [0.5, 0.6) is 5.75 Å².